The molecule has 2 aromatic rings. The Hall–Kier alpha value is -3.03. The second-order valence-electron chi connectivity index (χ2n) is 6.22. The minimum absolute atomic E-state index is 0.0350. The molecule has 0 unspecified atom stereocenters. The lowest BCUT2D eigenvalue weighted by molar-refractivity contribution is -0.192. The number of halogens is 3. The van der Waals surface area contributed by atoms with Gasteiger partial charge in [0.25, 0.3) is 0 Å². The van der Waals surface area contributed by atoms with Gasteiger partial charge in [-0.25, -0.2) is 4.79 Å². The van der Waals surface area contributed by atoms with Crippen LogP contribution in [0.3, 0.4) is 0 Å². The quantitative estimate of drug-likeness (QED) is 0.819. The first-order valence-electron chi connectivity index (χ1n) is 8.75. The van der Waals surface area contributed by atoms with Crippen molar-refractivity contribution < 1.29 is 27.9 Å². The van der Waals surface area contributed by atoms with Crippen molar-refractivity contribution in [2.45, 2.75) is 25.4 Å². The van der Waals surface area contributed by atoms with Gasteiger partial charge in [-0.1, -0.05) is 42.5 Å². The Labute approximate surface area is 160 Å². The van der Waals surface area contributed by atoms with E-state index < -0.39 is 12.1 Å². The molecular weight excluding hydrogens is 373 g/mol. The van der Waals surface area contributed by atoms with E-state index in [0.29, 0.717) is 6.42 Å². The molecule has 1 fully saturated rings. The molecule has 0 saturated carbocycles. The Morgan fingerprint density at radius 1 is 0.964 bits per heavy atom. The van der Waals surface area contributed by atoms with E-state index in [2.05, 4.69) is 16.3 Å². The zero-order chi connectivity index (χ0) is 20.6. The molecule has 8 heteroatoms. The molecule has 1 aliphatic heterocycles. The van der Waals surface area contributed by atoms with Crippen LogP contribution in [-0.2, 0) is 16.0 Å². The van der Waals surface area contributed by atoms with Gasteiger partial charge in [-0.2, -0.15) is 13.2 Å². The van der Waals surface area contributed by atoms with Crippen molar-refractivity contribution in [3.05, 3.63) is 60.2 Å². The fourth-order valence-corrected chi connectivity index (χ4v) is 2.79. The van der Waals surface area contributed by atoms with E-state index in [1.807, 2.05) is 48.5 Å². The van der Waals surface area contributed by atoms with Gasteiger partial charge in [0.1, 0.15) is 0 Å². The molecule has 0 bridgehead atoms. The van der Waals surface area contributed by atoms with Crippen LogP contribution in [0.15, 0.2) is 54.6 Å². The molecule has 0 radical (unpaired) electrons. The molecule has 3 rings (SSSR count). The number of anilines is 2. The second kappa shape index (κ2) is 9.77. The maximum absolute atomic E-state index is 12.2. The van der Waals surface area contributed by atoms with Crippen LogP contribution in [0, 0.1) is 0 Å². The number of alkyl halides is 3. The molecule has 5 nitrogen and oxygen atoms in total. The van der Waals surface area contributed by atoms with Gasteiger partial charge in [-0.05, 0) is 30.5 Å². The maximum Gasteiger partial charge on any atom is 0.490 e. The Bertz CT molecular complexity index is 789. The Balaban J connectivity index is 0.000000345. The van der Waals surface area contributed by atoms with Crippen molar-refractivity contribution in [3.63, 3.8) is 0 Å². The van der Waals surface area contributed by atoms with Crippen molar-refractivity contribution >= 4 is 23.3 Å². The van der Waals surface area contributed by atoms with Crippen LogP contribution in [0.5, 0.6) is 0 Å². The van der Waals surface area contributed by atoms with E-state index in [1.54, 1.807) is 0 Å². The van der Waals surface area contributed by atoms with Crippen LogP contribution in [-0.4, -0.2) is 36.2 Å². The summed E-state index contributed by atoms with van der Waals surface area (Å²) in [7, 11) is 0. The Morgan fingerprint density at radius 2 is 1.50 bits per heavy atom. The van der Waals surface area contributed by atoms with Crippen molar-refractivity contribution in [1.82, 2.24) is 0 Å². The lowest BCUT2D eigenvalue weighted by atomic mass is 10.1. The first-order chi connectivity index (χ1) is 13.3. The summed E-state index contributed by atoms with van der Waals surface area (Å²) in [6, 6.07) is 17.9. The number of hydrogen-bond acceptors (Lipinski definition) is 3. The van der Waals surface area contributed by atoms with Crippen LogP contribution in [0.2, 0.25) is 0 Å². The fourth-order valence-electron chi connectivity index (χ4n) is 2.79. The van der Waals surface area contributed by atoms with Gasteiger partial charge in [-0.3, -0.25) is 4.79 Å². The highest BCUT2D eigenvalue weighted by Gasteiger charge is 2.38. The molecule has 2 aromatic carbocycles. The average molecular weight is 394 g/mol. The Kier molecular flexibility index (Phi) is 7.43. The lowest BCUT2D eigenvalue weighted by Gasteiger charge is -2.21. The summed E-state index contributed by atoms with van der Waals surface area (Å²) in [5.41, 5.74) is 3.09. The number of aliphatic carboxylic acids is 1. The second-order valence-corrected chi connectivity index (χ2v) is 6.22. The first-order valence-corrected chi connectivity index (χ1v) is 8.75. The van der Waals surface area contributed by atoms with Crippen LogP contribution >= 0.6 is 0 Å². The number of rotatable bonds is 4. The summed E-state index contributed by atoms with van der Waals surface area (Å²) in [4.78, 5) is 23.5. The molecule has 150 valence electrons. The van der Waals surface area contributed by atoms with Crippen molar-refractivity contribution in [3.8, 4) is 0 Å². The first kappa shape index (κ1) is 21.3. The third-order valence-corrected chi connectivity index (χ3v) is 4.07. The van der Waals surface area contributed by atoms with Gasteiger partial charge in [0, 0.05) is 13.1 Å². The number of amides is 1. The number of benzene rings is 2. The van der Waals surface area contributed by atoms with E-state index in [4.69, 9.17) is 9.90 Å². The fraction of sp³-hybridized carbons (Fsp3) is 0.300. The largest absolute Gasteiger partial charge is 0.490 e. The highest BCUT2D eigenvalue weighted by Crippen LogP contribution is 2.28. The van der Waals surface area contributed by atoms with E-state index in [9.17, 15) is 18.0 Å². The standard InChI is InChI=1S/C18H20N2O.C2HF3O2/c21-18(14-15-8-2-1-3-9-15)19-16-10-4-5-11-17(16)20-12-6-7-13-20;3-2(4,5)1(6)7/h1-5,8-11H,6-7,12-14H2,(H,19,21);(H,6,7). The number of carboxylic acids is 1. The summed E-state index contributed by atoms with van der Waals surface area (Å²) >= 11 is 0. The van der Waals surface area contributed by atoms with Gasteiger partial charge < -0.3 is 15.3 Å². The number of nitrogens with zero attached hydrogens (tertiary/aromatic N) is 1. The van der Waals surface area contributed by atoms with Gasteiger partial charge >= 0.3 is 12.1 Å². The van der Waals surface area contributed by atoms with E-state index in [1.165, 1.54) is 12.8 Å². The summed E-state index contributed by atoms with van der Waals surface area (Å²) < 4.78 is 31.7. The number of carbonyl (C=O) groups is 2. The number of carbonyl (C=O) groups excluding carboxylic acids is 1. The topological polar surface area (TPSA) is 69.6 Å². The normalized spacial score (nSPS) is 13.5. The average Bonchev–Trinajstić information content (AvgIpc) is 3.17. The summed E-state index contributed by atoms with van der Waals surface area (Å²) in [5.74, 6) is -2.72. The minimum Gasteiger partial charge on any atom is -0.475 e. The molecule has 28 heavy (non-hydrogen) atoms. The molecule has 0 atom stereocenters. The van der Waals surface area contributed by atoms with E-state index in [0.717, 1.165) is 30.0 Å². The van der Waals surface area contributed by atoms with Crippen molar-refractivity contribution in [1.29, 1.82) is 0 Å². The number of carboxylic acid groups (broad SMARTS) is 1. The van der Waals surface area contributed by atoms with Crippen molar-refractivity contribution in [2.24, 2.45) is 0 Å². The van der Waals surface area contributed by atoms with E-state index >= 15 is 0 Å². The van der Waals surface area contributed by atoms with Gasteiger partial charge in [-0.15, -0.1) is 0 Å². The molecule has 1 saturated heterocycles. The maximum atomic E-state index is 12.2. The molecule has 1 heterocycles. The van der Waals surface area contributed by atoms with Crippen LogP contribution in [0.4, 0.5) is 24.5 Å². The summed E-state index contributed by atoms with van der Waals surface area (Å²) in [6.45, 7) is 2.15. The number of para-hydroxylation sites is 2. The third kappa shape index (κ3) is 6.61. The molecule has 0 aromatic heterocycles. The van der Waals surface area contributed by atoms with Crippen LogP contribution < -0.4 is 10.2 Å². The number of nitrogens with one attached hydrogen (secondary N) is 1. The summed E-state index contributed by atoms with van der Waals surface area (Å²) in [6.07, 6.45) is -2.21. The Morgan fingerprint density at radius 3 is 2.07 bits per heavy atom. The predicted octanol–water partition coefficient (Wildman–Crippen LogP) is 4.10. The minimum atomic E-state index is -5.08. The van der Waals surface area contributed by atoms with Gasteiger partial charge in [0.2, 0.25) is 5.91 Å². The molecular formula is C20H21F3N2O3. The highest BCUT2D eigenvalue weighted by atomic mass is 19.4. The monoisotopic (exact) mass is 394 g/mol. The van der Waals surface area contributed by atoms with Crippen LogP contribution in [0.25, 0.3) is 0 Å². The third-order valence-electron chi connectivity index (χ3n) is 4.07. The zero-order valence-corrected chi connectivity index (χ0v) is 15.1. The van der Waals surface area contributed by atoms with Gasteiger partial charge in [0.15, 0.2) is 0 Å². The molecule has 1 amide bonds. The molecule has 1 aliphatic rings. The predicted molar refractivity (Wildman–Crippen MR) is 100 cm³/mol. The van der Waals surface area contributed by atoms with Crippen LogP contribution in [0.1, 0.15) is 18.4 Å². The smallest absolute Gasteiger partial charge is 0.475 e. The SMILES string of the molecule is O=C(Cc1ccccc1)Nc1ccccc1N1CCCC1.O=C(O)C(F)(F)F. The number of hydrogen-bond donors (Lipinski definition) is 2. The lowest BCUT2D eigenvalue weighted by Crippen LogP contribution is -2.21. The van der Waals surface area contributed by atoms with Crippen molar-refractivity contribution in [2.75, 3.05) is 23.3 Å². The molecule has 0 spiro atoms. The molecule has 2 N–H and O–H groups in total. The van der Waals surface area contributed by atoms with Gasteiger partial charge in [0.05, 0.1) is 17.8 Å². The van der Waals surface area contributed by atoms with E-state index in [-0.39, 0.29) is 5.91 Å². The summed E-state index contributed by atoms with van der Waals surface area (Å²) in [5, 5.41) is 10.2. The zero-order valence-electron chi connectivity index (χ0n) is 15.1. The highest BCUT2D eigenvalue weighted by molar-refractivity contribution is 5.95. The molecule has 0 aliphatic carbocycles.